The molecular weight excluding hydrogens is 288 g/mol. The van der Waals surface area contributed by atoms with Gasteiger partial charge in [-0.05, 0) is 25.0 Å². The third-order valence-corrected chi connectivity index (χ3v) is 3.92. The van der Waals surface area contributed by atoms with Crippen molar-refractivity contribution in [2.75, 3.05) is 6.61 Å². The smallest absolute Gasteiger partial charge is 0.343 e. The normalized spacial score (nSPS) is 14.6. The van der Waals surface area contributed by atoms with E-state index >= 15 is 0 Å². The van der Waals surface area contributed by atoms with Crippen LogP contribution in [-0.4, -0.2) is 17.7 Å². The maximum absolute atomic E-state index is 12.6. The topological polar surface area (TPSA) is 46.5 Å². The van der Waals surface area contributed by atoms with Crippen LogP contribution in [0.15, 0.2) is 67.3 Å². The summed E-state index contributed by atoms with van der Waals surface area (Å²) in [5, 5.41) is 11.3. The number of benzene rings is 2. The van der Waals surface area contributed by atoms with Gasteiger partial charge in [0.1, 0.15) is 0 Å². The third-order valence-electron chi connectivity index (χ3n) is 3.92. The van der Waals surface area contributed by atoms with E-state index in [1.54, 1.807) is 25.1 Å². The number of carbonyl (C=O) groups is 1. The fraction of sp³-hybridized carbons (Fsp3) is 0.250. The molecule has 2 aromatic carbocycles. The van der Waals surface area contributed by atoms with Crippen LogP contribution in [0.2, 0.25) is 0 Å². The van der Waals surface area contributed by atoms with Gasteiger partial charge in [0.05, 0.1) is 6.61 Å². The van der Waals surface area contributed by atoms with E-state index in [4.69, 9.17) is 4.74 Å². The van der Waals surface area contributed by atoms with Crippen molar-refractivity contribution in [2.24, 2.45) is 0 Å². The molecule has 0 spiro atoms. The molecule has 3 nitrogen and oxygen atoms in total. The van der Waals surface area contributed by atoms with Crippen molar-refractivity contribution in [1.82, 2.24) is 0 Å². The summed E-state index contributed by atoms with van der Waals surface area (Å²) < 4.78 is 5.16. The minimum absolute atomic E-state index is 0.200. The zero-order valence-electron chi connectivity index (χ0n) is 13.5. The summed E-state index contributed by atoms with van der Waals surface area (Å²) in [6.07, 6.45) is 1.59. The van der Waals surface area contributed by atoms with Crippen LogP contribution >= 0.6 is 0 Å². The molecule has 23 heavy (non-hydrogen) atoms. The molecule has 0 unspecified atom stereocenters. The fourth-order valence-corrected chi connectivity index (χ4v) is 2.68. The van der Waals surface area contributed by atoms with E-state index < -0.39 is 17.5 Å². The minimum Gasteiger partial charge on any atom is -0.464 e. The number of esters is 1. The van der Waals surface area contributed by atoms with Crippen molar-refractivity contribution in [1.29, 1.82) is 0 Å². The third kappa shape index (κ3) is 3.35. The highest BCUT2D eigenvalue weighted by Crippen LogP contribution is 2.39. The van der Waals surface area contributed by atoms with Gasteiger partial charge in [0.2, 0.25) is 0 Å². The van der Waals surface area contributed by atoms with Crippen LogP contribution in [0.25, 0.3) is 0 Å². The molecule has 1 N–H and O–H groups in total. The molecular formula is C20H22O3. The van der Waals surface area contributed by atoms with Gasteiger partial charge >= 0.3 is 5.97 Å². The van der Waals surface area contributed by atoms with Crippen LogP contribution in [0.1, 0.15) is 29.5 Å². The first-order valence-corrected chi connectivity index (χ1v) is 7.68. The Kier molecular flexibility index (Phi) is 5.35. The largest absolute Gasteiger partial charge is 0.464 e. The molecule has 0 aromatic heterocycles. The van der Waals surface area contributed by atoms with Gasteiger partial charge in [-0.15, -0.1) is 6.58 Å². The molecule has 0 bridgehead atoms. The van der Waals surface area contributed by atoms with E-state index in [2.05, 4.69) is 6.58 Å². The average molecular weight is 310 g/mol. The van der Waals surface area contributed by atoms with Gasteiger partial charge < -0.3 is 9.84 Å². The zero-order chi connectivity index (χ0) is 16.9. The predicted octanol–water partition coefficient (Wildman–Crippen LogP) is 3.72. The fourth-order valence-electron chi connectivity index (χ4n) is 2.68. The quantitative estimate of drug-likeness (QED) is 0.653. The Bertz CT molecular complexity index is 661. The Balaban J connectivity index is 2.58. The van der Waals surface area contributed by atoms with Gasteiger partial charge in [0.25, 0.3) is 0 Å². The lowest BCUT2D eigenvalue weighted by molar-refractivity contribution is -0.167. The Labute approximate surface area is 137 Å². The molecule has 2 atom stereocenters. The van der Waals surface area contributed by atoms with Crippen LogP contribution < -0.4 is 0 Å². The SMILES string of the molecule is C=C[C@@H](c1ccccc1)[C@@](O)(C(=O)OCC)c1ccc(C)cc1. The van der Waals surface area contributed by atoms with Crippen molar-refractivity contribution in [3.63, 3.8) is 0 Å². The number of hydrogen-bond acceptors (Lipinski definition) is 3. The number of aryl methyl sites for hydroxylation is 1. The second kappa shape index (κ2) is 7.25. The Morgan fingerprint density at radius 3 is 2.35 bits per heavy atom. The van der Waals surface area contributed by atoms with Crippen LogP contribution in [0, 0.1) is 6.92 Å². The van der Waals surface area contributed by atoms with Gasteiger partial charge in [0.15, 0.2) is 5.60 Å². The molecule has 0 saturated carbocycles. The van der Waals surface area contributed by atoms with E-state index in [1.165, 1.54) is 0 Å². The Morgan fingerprint density at radius 1 is 1.22 bits per heavy atom. The number of carbonyl (C=O) groups excluding carboxylic acids is 1. The lowest BCUT2D eigenvalue weighted by Gasteiger charge is -2.33. The second-order valence-electron chi connectivity index (χ2n) is 5.48. The maximum Gasteiger partial charge on any atom is 0.343 e. The van der Waals surface area contributed by atoms with Crippen molar-refractivity contribution in [3.05, 3.63) is 83.9 Å². The summed E-state index contributed by atoms with van der Waals surface area (Å²) in [5.74, 6) is -1.27. The van der Waals surface area contributed by atoms with Crippen LogP contribution in [0.3, 0.4) is 0 Å². The molecule has 0 aliphatic rings. The molecule has 2 rings (SSSR count). The minimum atomic E-state index is -1.81. The Morgan fingerprint density at radius 2 is 1.83 bits per heavy atom. The number of rotatable bonds is 6. The summed E-state index contributed by atoms with van der Waals surface area (Å²) in [7, 11) is 0. The zero-order valence-corrected chi connectivity index (χ0v) is 13.5. The van der Waals surface area contributed by atoms with Gasteiger partial charge in [-0.3, -0.25) is 0 Å². The first-order valence-electron chi connectivity index (χ1n) is 7.68. The molecule has 0 aliphatic carbocycles. The summed E-state index contributed by atoms with van der Waals surface area (Å²) >= 11 is 0. The molecule has 0 heterocycles. The van der Waals surface area contributed by atoms with E-state index in [0.717, 1.165) is 11.1 Å². The van der Waals surface area contributed by atoms with Gasteiger partial charge in [-0.2, -0.15) is 0 Å². The standard InChI is InChI=1S/C20H22O3/c1-4-18(16-9-7-6-8-10-16)20(22,19(21)23-5-2)17-13-11-15(3)12-14-17/h4,6-14,18,22H,1,5H2,2-3H3/t18-,20+/m0/s1. The van der Waals surface area contributed by atoms with E-state index in [0.29, 0.717) is 5.56 Å². The molecule has 0 aliphatic heterocycles. The molecule has 0 amide bonds. The molecule has 3 heteroatoms. The first kappa shape index (κ1) is 17.0. The van der Waals surface area contributed by atoms with E-state index in [1.807, 2.05) is 49.4 Å². The maximum atomic E-state index is 12.6. The lowest BCUT2D eigenvalue weighted by atomic mass is 9.77. The molecule has 0 saturated heterocycles. The van der Waals surface area contributed by atoms with Crippen molar-refractivity contribution < 1.29 is 14.6 Å². The number of hydrogen-bond donors (Lipinski definition) is 1. The number of ether oxygens (including phenoxy) is 1. The van der Waals surface area contributed by atoms with Crippen molar-refractivity contribution in [2.45, 2.75) is 25.4 Å². The van der Waals surface area contributed by atoms with Gasteiger partial charge in [-0.25, -0.2) is 4.79 Å². The number of aliphatic hydroxyl groups is 1. The molecule has 0 radical (unpaired) electrons. The van der Waals surface area contributed by atoms with Gasteiger partial charge in [0, 0.05) is 5.92 Å². The van der Waals surface area contributed by atoms with Gasteiger partial charge in [-0.1, -0.05) is 66.2 Å². The predicted molar refractivity (Wildman–Crippen MR) is 91.1 cm³/mol. The van der Waals surface area contributed by atoms with E-state index in [9.17, 15) is 9.90 Å². The highest BCUT2D eigenvalue weighted by Gasteiger charge is 2.46. The highest BCUT2D eigenvalue weighted by molar-refractivity contribution is 5.83. The summed E-state index contributed by atoms with van der Waals surface area (Å²) in [6, 6.07) is 16.6. The van der Waals surface area contributed by atoms with Crippen molar-refractivity contribution in [3.8, 4) is 0 Å². The van der Waals surface area contributed by atoms with E-state index in [-0.39, 0.29) is 6.61 Å². The molecule has 120 valence electrons. The van der Waals surface area contributed by atoms with Crippen LogP contribution in [0.4, 0.5) is 0 Å². The monoisotopic (exact) mass is 310 g/mol. The highest BCUT2D eigenvalue weighted by atomic mass is 16.5. The summed E-state index contributed by atoms with van der Waals surface area (Å²) in [6.45, 7) is 7.70. The molecule has 0 fully saturated rings. The van der Waals surface area contributed by atoms with Crippen LogP contribution in [0.5, 0.6) is 0 Å². The summed E-state index contributed by atoms with van der Waals surface area (Å²) in [4.78, 5) is 12.6. The molecule has 2 aromatic rings. The first-order chi connectivity index (χ1) is 11.0. The summed E-state index contributed by atoms with van der Waals surface area (Å²) in [5.41, 5.74) is 0.538. The van der Waals surface area contributed by atoms with Crippen molar-refractivity contribution >= 4 is 5.97 Å². The van der Waals surface area contributed by atoms with Crippen LogP contribution in [-0.2, 0) is 15.1 Å². The lowest BCUT2D eigenvalue weighted by Crippen LogP contribution is -2.42. The average Bonchev–Trinajstić information content (AvgIpc) is 2.57. The Hall–Kier alpha value is -2.39. The second-order valence-corrected chi connectivity index (χ2v) is 5.48.